The lowest BCUT2D eigenvalue weighted by atomic mass is 9.78. The van der Waals surface area contributed by atoms with Gasteiger partial charge in [0.15, 0.2) is 5.82 Å². The Morgan fingerprint density at radius 1 is 1.00 bits per heavy atom. The lowest BCUT2D eigenvalue weighted by molar-refractivity contribution is 0.0924. The predicted molar refractivity (Wildman–Crippen MR) is 120 cm³/mol. The molecule has 31 heavy (non-hydrogen) atoms. The van der Waals surface area contributed by atoms with Gasteiger partial charge in [-0.15, -0.1) is 0 Å². The van der Waals surface area contributed by atoms with Crippen molar-refractivity contribution in [3.63, 3.8) is 0 Å². The van der Waals surface area contributed by atoms with Gasteiger partial charge in [-0.2, -0.15) is 5.10 Å². The topological polar surface area (TPSA) is 92.9 Å². The predicted octanol–water partition coefficient (Wildman–Crippen LogP) is 4.05. The number of benzene rings is 1. The van der Waals surface area contributed by atoms with E-state index in [2.05, 4.69) is 56.9 Å². The van der Waals surface area contributed by atoms with Gasteiger partial charge < -0.3 is 10.4 Å². The van der Waals surface area contributed by atoms with E-state index in [1.807, 2.05) is 12.1 Å². The molecule has 7 nitrogen and oxygen atoms in total. The number of carbonyl (C=O) groups is 1. The molecule has 0 spiro atoms. The highest BCUT2D eigenvalue weighted by molar-refractivity contribution is 5.94. The lowest BCUT2D eigenvalue weighted by Crippen LogP contribution is -2.35. The van der Waals surface area contributed by atoms with E-state index >= 15 is 0 Å². The van der Waals surface area contributed by atoms with Gasteiger partial charge in [0.2, 0.25) is 0 Å². The van der Waals surface area contributed by atoms with Crippen LogP contribution in [0.15, 0.2) is 30.5 Å². The Morgan fingerprint density at radius 2 is 1.65 bits per heavy atom. The molecular formula is C24H29N5O2. The summed E-state index contributed by atoms with van der Waals surface area (Å²) in [6.45, 7) is 13.7. The molecule has 1 amide bonds. The molecule has 2 aromatic heterocycles. The summed E-state index contributed by atoms with van der Waals surface area (Å²) in [5.74, 6) is 0.763. The molecular weight excluding hydrogens is 390 g/mol. The number of hydrogen-bond acceptors (Lipinski definition) is 5. The highest BCUT2D eigenvalue weighted by Gasteiger charge is 2.27. The summed E-state index contributed by atoms with van der Waals surface area (Å²) in [7, 11) is 0. The van der Waals surface area contributed by atoms with Crippen molar-refractivity contribution in [1.29, 1.82) is 0 Å². The summed E-state index contributed by atoms with van der Waals surface area (Å²) < 4.78 is 1.71. The number of carbonyl (C=O) groups excluding carboxylic acids is 1. The molecule has 0 atom stereocenters. The van der Waals surface area contributed by atoms with Gasteiger partial charge in [-0.3, -0.25) is 9.48 Å². The van der Waals surface area contributed by atoms with Gasteiger partial charge in [-0.25, -0.2) is 9.97 Å². The zero-order chi connectivity index (χ0) is 22.6. The molecule has 3 aromatic rings. The fourth-order valence-electron chi connectivity index (χ4n) is 3.81. The van der Waals surface area contributed by atoms with E-state index in [-0.39, 0.29) is 16.7 Å². The third-order valence-electron chi connectivity index (χ3n) is 5.52. The molecule has 0 fully saturated rings. The Hall–Kier alpha value is -3.22. The van der Waals surface area contributed by atoms with Crippen LogP contribution in [0.3, 0.4) is 0 Å². The van der Waals surface area contributed by atoms with Gasteiger partial charge >= 0.3 is 0 Å². The average molecular weight is 420 g/mol. The minimum Gasteiger partial charge on any atom is -0.507 e. The zero-order valence-electron chi connectivity index (χ0n) is 18.9. The summed E-state index contributed by atoms with van der Waals surface area (Å²) in [4.78, 5) is 21.3. The van der Waals surface area contributed by atoms with Crippen molar-refractivity contribution in [2.24, 2.45) is 0 Å². The summed E-state index contributed by atoms with van der Waals surface area (Å²) in [5, 5.41) is 18.4. The van der Waals surface area contributed by atoms with Crippen LogP contribution >= 0.6 is 0 Å². The van der Waals surface area contributed by atoms with Crippen LogP contribution in [0.5, 0.6) is 5.75 Å². The van der Waals surface area contributed by atoms with Gasteiger partial charge in [0.05, 0.1) is 12.2 Å². The van der Waals surface area contributed by atoms with E-state index < -0.39 is 0 Å². The molecule has 1 aliphatic rings. The fourth-order valence-corrected chi connectivity index (χ4v) is 3.81. The van der Waals surface area contributed by atoms with Crippen LogP contribution in [0.25, 0.3) is 22.8 Å². The number of aromatic hydroxyl groups is 1. The van der Waals surface area contributed by atoms with Crippen LogP contribution in [0.1, 0.15) is 63.2 Å². The molecule has 0 bridgehead atoms. The van der Waals surface area contributed by atoms with E-state index in [1.54, 1.807) is 23.0 Å². The first-order valence-corrected chi connectivity index (χ1v) is 10.5. The van der Waals surface area contributed by atoms with Crippen LogP contribution < -0.4 is 5.32 Å². The van der Waals surface area contributed by atoms with Crippen LogP contribution in [0.2, 0.25) is 0 Å². The standard InChI is InChI=1S/C24H29N5O2/c1-23(2,3)15-11-14(12-16(20(15)30)24(4,5)6)21-25-8-7-17(27-21)18-13-19-22(31)26-9-10-29(19)28-18/h7-8,11-13,30H,9-10H2,1-6H3,(H,26,31). The van der Waals surface area contributed by atoms with E-state index in [0.717, 1.165) is 16.7 Å². The number of amides is 1. The second kappa shape index (κ2) is 7.18. The van der Waals surface area contributed by atoms with Crippen molar-refractivity contribution in [2.45, 2.75) is 58.9 Å². The monoisotopic (exact) mass is 419 g/mol. The first-order chi connectivity index (χ1) is 14.4. The largest absolute Gasteiger partial charge is 0.507 e. The van der Waals surface area contributed by atoms with Gasteiger partial charge in [0, 0.05) is 29.4 Å². The van der Waals surface area contributed by atoms with Gasteiger partial charge in [-0.05, 0) is 35.1 Å². The van der Waals surface area contributed by atoms with E-state index in [4.69, 9.17) is 4.98 Å². The Bertz CT molecular complexity index is 1130. The second-order valence-electron chi connectivity index (χ2n) is 10.1. The van der Waals surface area contributed by atoms with E-state index in [1.165, 1.54) is 0 Å². The normalized spacial score (nSPS) is 14.3. The molecule has 4 rings (SSSR count). The van der Waals surface area contributed by atoms with Gasteiger partial charge in [0.25, 0.3) is 5.91 Å². The maximum atomic E-state index is 12.1. The Morgan fingerprint density at radius 3 is 2.23 bits per heavy atom. The van der Waals surface area contributed by atoms with Crippen LogP contribution in [-0.4, -0.2) is 37.3 Å². The van der Waals surface area contributed by atoms with Crippen LogP contribution in [-0.2, 0) is 17.4 Å². The van der Waals surface area contributed by atoms with Crippen molar-refractivity contribution < 1.29 is 9.90 Å². The van der Waals surface area contributed by atoms with Gasteiger partial charge in [-0.1, -0.05) is 41.5 Å². The summed E-state index contributed by atoms with van der Waals surface area (Å²) >= 11 is 0. The second-order valence-corrected chi connectivity index (χ2v) is 10.1. The minimum atomic E-state index is -0.242. The third-order valence-corrected chi connectivity index (χ3v) is 5.52. The quantitative estimate of drug-likeness (QED) is 0.654. The van der Waals surface area contributed by atoms with Gasteiger partial charge in [0.1, 0.15) is 17.1 Å². The van der Waals surface area contributed by atoms with Crippen molar-refractivity contribution >= 4 is 5.91 Å². The number of hydrogen-bond donors (Lipinski definition) is 2. The molecule has 3 heterocycles. The molecule has 0 aliphatic carbocycles. The number of fused-ring (bicyclic) bond motifs is 1. The maximum Gasteiger partial charge on any atom is 0.269 e. The molecule has 7 heteroatoms. The number of nitrogens with zero attached hydrogens (tertiary/aromatic N) is 4. The minimum absolute atomic E-state index is 0.123. The smallest absolute Gasteiger partial charge is 0.269 e. The summed E-state index contributed by atoms with van der Waals surface area (Å²) in [6.07, 6.45) is 1.70. The number of phenolic OH excluding ortho intramolecular Hbond substituents is 1. The van der Waals surface area contributed by atoms with Crippen molar-refractivity contribution in [2.75, 3.05) is 6.54 Å². The SMILES string of the molecule is CC(C)(C)c1cc(-c2nccc(-c3cc4n(n3)CCNC4=O)n2)cc(C(C)(C)C)c1O. The molecule has 0 unspecified atom stereocenters. The molecule has 1 aliphatic heterocycles. The number of rotatable bonds is 2. The lowest BCUT2D eigenvalue weighted by Gasteiger charge is -2.28. The third kappa shape index (κ3) is 3.92. The van der Waals surface area contributed by atoms with E-state index in [0.29, 0.717) is 41.7 Å². The first kappa shape index (κ1) is 21.0. The Labute approximate surface area is 182 Å². The van der Waals surface area contributed by atoms with E-state index in [9.17, 15) is 9.90 Å². The number of nitrogens with one attached hydrogen (secondary N) is 1. The molecule has 0 saturated heterocycles. The first-order valence-electron chi connectivity index (χ1n) is 10.5. The summed E-state index contributed by atoms with van der Waals surface area (Å²) in [5.41, 5.74) is 3.91. The molecule has 1 aromatic carbocycles. The highest BCUT2D eigenvalue weighted by Crippen LogP contribution is 2.41. The van der Waals surface area contributed by atoms with Crippen molar-refractivity contribution in [1.82, 2.24) is 25.1 Å². The average Bonchev–Trinajstić information content (AvgIpc) is 3.12. The fraction of sp³-hybridized carbons (Fsp3) is 0.417. The van der Waals surface area contributed by atoms with Crippen molar-refractivity contribution in [3.05, 3.63) is 47.3 Å². The Balaban J connectivity index is 1.84. The number of aromatic nitrogens is 4. The van der Waals surface area contributed by atoms with Crippen LogP contribution in [0, 0.1) is 0 Å². The highest BCUT2D eigenvalue weighted by atomic mass is 16.3. The Kier molecular flexibility index (Phi) is 4.87. The van der Waals surface area contributed by atoms with Crippen molar-refractivity contribution in [3.8, 4) is 28.5 Å². The molecule has 0 radical (unpaired) electrons. The van der Waals surface area contributed by atoms with Crippen LogP contribution in [0.4, 0.5) is 0 Å². The number of phenols is 1. The maximum absolute atomic E-state index is 12.1. The molecule has 162 valence electrons. The molecule has 0 saturated carbocycles. The summed E-state index contributed by atoms with van der Waals surface area (Å²) in [6, 6.07) is 7.49. The molecule has 2 N–H and O–H groups in total. The zero-order valence-corrected chi connectivity index (χ0v) is 18.9.